The molecule has 0 N–H and O–H groups in total. The molecule has 0 amide bonds. The molecule has 0 aromatic heterocycles. The van der Waals surface area contributed by atoms with Crippen molar-refractivity contribution in [3.63, 3.8) is 0 Å². The van der Waals surface area contributed by atoms with Crippen molar-refractivity contribution in [3.05, 3.63) is 42.0 Å². The topological polar surface area (TPSA) is 26.3 Å². The van der Waals surface area contributed by atoms with Crippen LogP contribution in [0.1, 0.15) is 31.2 Å². The van der Waals surface area contributed by atoms with Crippen LogP contribution in [0.5, 0.6) is 0 Å². The number of rotatable bonds is 8. The van der Waals surface area contributed by atoms with Crippen molar-refractivity contribution in [1.29, 1.82) is 0 Å². The largest absolute Gasteiger partial charge is 0.463 e. The fourth-order valence-electron chi connectivity index (χ4n) is 1.50. The van der Waals surface area contributed by atoms with Crippen LogP contribution < -0.4 is 0 Å². The Morgan fingerprint density at radius 1 is 1.11 bits per heavy atom. The first-order valence-corrected chi connectivity index (χ1v) is 7.41. The Labute approximate surface area is 117 Å². The van der Waals surface area contributed by atoms with Gasteiger partial charge in [-0.1, -0.05) is 59.1 Å². The van der Waals surface area contributed by atoms with E-state index in [0.29, 0.717) is 6.61 Å². The van der Waals surface area contributed by atoms with Gasteiger partial charge >= 0.3 is 5.97 Å². The van der Waals surface area contributed by atoms with Gasteiger partial charge in [0, 0.05) is 11.4 Å². The molecular weight excluding hydrogens is 292 g/mol. The molecule has 0 spiro atoms. The van der Waals surface area contributed by atoms with Crippen LogP contribution in [-0.4, -0.2) is 17.9 Å². The van der Waals surface area contributed by atoms with E-state index in [2.05, 4.69) is 15.9 Å². The van der Waals surface area contributed by atoms with Crippen LogP contribution in [0.3, 0.4) is 0 Å². The summed E-state index contributed by atoms with van der Waals surface area (Å²) in [4.78, 5) is 11.4. The van der Waals surface area contributed by atoms with Crippen LogP contribution in [-0.2, 0) is 9.53 Å². The molecule has 0 radical (unpaired) electrons. The number of alkyl halides is 1. The van der Waals surface area contributed by atoms with Gasteiger partial charge in [0.2, 0.25) is 0 Å². The molecule has 0 aliphatic heterocycles. The first-order valence-electron chi connectivity index (χ1n) is 6.29. The van der Waals surface area contributed by atoms with Crippen molar-refractivity contribution in [2.24, 2.45) is 0 Å². The lowest BCUT2D eigenvalue weighted by Gasteiger charge is -2.01. The van der Waals surface area contributed by atoms with Crippen LogP contribution >= 0.6 is 15.9 Å². The molecule has 0 saturated carbocycles. The maximum Gasteiger partial charge on any atom is 0.330 e. The minimum Gasteiger partial charge on any atom is -0.463 e. The number of hydrogen-bond donors (Lipinski definition) is 0. The van der Waals surface area contributed by atoms with E-state index in [4.69, 9.17) is 4.74 Å². The van der Waals surface area contributed by atoms with Gasteiger partial charge in [-0.2, -0.15) is 0 Å². The SMILES string of the molecule is O=C(C=Cc1ccccc1)OCCCCCCBr. The van der Waals surface area contributed by atoms with E-state index < -0.39 is 0 Å². The second-order valence-corrected chi connectivity index (χ2v) is 4.81. The minimum atomic E-state index is -0.264. The first kappa shape index (κ1) is 15.0. The third kappa shape index (κ3) is 7.28. The second kappa shape index (κ2) is 9.89. The molecule has 1 aromatic rings. The summed E-state index contributed by atoms with van der Waals surface area (Å²) in [5.41, 5.74) is 1.01. The number of carbonyl (C=O) groups is 1. The molecule has 1 rings (SSSR count). The molecule has 0 unspecified atom stereocenters. The van der Waals surface area contributed by atoms with Crippen LogP contribution in [0, 0.1) is 0 Å². The van der Waals surface area contributed by atoms with Crippen molar-refractivity contribution in [1.82, 2.24) is 0 Å². The number of carbonyl (C=O) groups excluding carboxylic acids is 1. The molecular formula is C15H19BrO2. The maximum atomic E-state index is 11.4. The average molecular weight is 311 g/mol. The second-order valence-electron chi connectivity index (χ2n) is 4.01. The van der Waals surface area contributed by atoms with Crippen LogP contribution in [0.15, 0.2) is 36.4 Å². The van der Waals surface area contributed by atoms with Gasteiger partial charge in [-0.15, -0.1) is 0 Å². The highest BCUT2D eigenvalue weighted by Gasteiger charge is 1.96. The Balaban J connectivity index is 2.12. The first-order chi connectivity index (χ1) is 8.83. The Morgan fingerprint density at radius 2 is 1.83 bits per heavy atom. The Hall–Kier alpha value is -1.09. The summed E-state index contributed by atoms with van der Waals surface area (Å²) in [5, 5.41) is 1.05. The highest BCUT2D eigenvalue weighted by Crippen LogP contribution is 2.03. The van der Waals surface area contributed by atoms with Gasteiger partial charge in [0.25, 0.3) is 0 Å². The minimum absolute atomic E-state index is 0.264. The predicted octanol–water partition coefficient (Wildman–Crippen LogP) is 4.20. The van der Waals surface area contributed by atoms with Gasteiger partial charge in [-0.25, -0.2) is 4.79 Å². The Bertz CT molecular complexity index is 360. The quantitative estimate of drug-likeness (QED) is 0.311. The summed E-state index contributed by atoms with van der Waals surface area (Å²) in [5.74, 6) is -0.264. The van der Waals surface area contributed by atoms with Crippen molar-refractivity contribution < 1.29 is 9.53 Å². The highest BCUT2D eigenvalue weighted by atomic mass is 79.9. The zero-order chi connectivity index (χ0) is 13.1. The Kier molecular flexibility index (Phi) is 8.23. The molecule has 2 nitrogen and oxygen atoms in total. The molecule has 1 aromatic carbocycles. The van der Waals surface area contributed by atoms with Gasteiger partial charge in [0.05, 0.1) is 6.61 Å². The summed E-state index contributed by atoms with van der Waals surface area (Å²) >= 11 is 3.39. The Morgan fingerprint density at radius 3 is 2.56 bits per heavy atom. The van der Waals surface area contributed by atoms with E-state index in [1.54, 1.807) is 6.08 Å². The lowest BCUT2D eigenvalue weighted by Crippen LogP contribution is -2.02. The van der Waals surface area contributed by atoms with Crippen molar-refractivity contribution in [2.45, 2.75) is 25.7 Å². The summed E-state index contributed by atoms with van der Waals surface area (Å²) in [7, 11) is 0. The normalized spacial score (nSPS) is 10.7. The molecule has 3 heteroatoms. The summed E-state index contributed by atoms with van der Waals surface area (Å²) in [6.45, 7) is 0.514. The van der Waals surface area contributed by atoms with E-state index in [0.717, 1.165) is 23.7 Å². The molecule has 0 atom stereocenters. The van der Waals surface area contributed by atoms with Crippen molar-refractivity contribution in [2.75, 3.05) is 11.9 Å². The zero-order valence-electron chi connectivity index (χ0n) is 10.5. The summed E-state index contributed by atoms with van der Waals surface area (Å²) in [6, 6.07) is 9.72. The number of esters is 1. The number of unbranched alkanes of at least 4 members (excludes halogenated alkanes) is 3. The number of ether oxygens (including phenoxy) is 1. The molecule has 0 fully saturated rings. The number of halogens is 1. The fourth-order valence-corrected chi connectivity index (χ4v) is 1.90. The number of benzene rings is 1. The van der Waals surface area contributed by atoms with E-state index in [1.165, 1.54) is 18.9 Å². The average Bonchev–Trinajstić information content (AvgIpc) is 2.41. The highest BCUT2D eigenvalue weighted by molar-refractivity contribution is 9.09. The van der Waals surface area contributed by atoms with E-state index in [1.807, 2.05) is 30.3 Å². The van der Waals surface area contributed by atoms with Gasteiger partial charge in [-0.3, -0.25) is 0 Å². The maximum absolute atomic E-state index is 11.4. The van der Waals surface area contributed by atoms with Gasteiger partial charge in [0.15, 0.2) is 0 Å². The molecule has 0 heterocycles. The van der Waals surface area contributed by atoms with Crippen LogP contribution in [0.2, 0.25) is 0 Å². The molecule has 0 saturated heterocycles. The smallest absolute Gasteiger partial charge is 0.330 e. The van der Waals surface area contributed by atoms with E-state index in [9.17, 15) is 4.79 Å². The zero-order valence-corrected chi connectivity index (χ0v) is 12.1. The van der Waals surface area contributed by atoms with Crippen molar-refractivity contribution in [3.8, 4) is 0 Å². The van der Waals surface area contributed by atoms with Crippen LogP contribution in [0.4, 0.5) is 0 Å². The van der Waals surface area contributed by atoms with Gasteiger partial charge in [-0.05, 0) is 24.5 Å². The fraction of sp³-hybridized carbons (Fsp3) is 0.400. The lowest BCUT2D eigenvalue weighted by atomic mass is 10.2. The molecule has 18 heavy (non-hydrogen) atoms. The summed E-state index contributed by atoms with van der Waals surface area (Å²) in [6.07, 6.45) is 7.67. The molecule has 0 aliphatic rings. The van der Waals surface area contributed by atoms with E-state index in [-0.39, 0.29) is 5.97 Å². The van der Waals surface area contributed by atoms with Gasteiger partial charge in [0.1, 0.15) is 0 Å². The predicted molar refractivity (Wildman–Crippen MR) is 78.7 cm³/mol. The standard InChI is InChI=1S/C15H19BrO2/c16-12-6-1-2-7-13-18-15(17)11-10-14-8-4-3-5-9-14/h3-5,8-11H,1-2,6-7,12-13H2. The summed E-state index contributed by atoms with van der Waals surface area (Å²) < 4.78 is 5.11. The molecule has 0 bridgehead atoms. The van der Waals surface area contributed by atoms with Gasteiger partial charge < -0.3 is 4.74 Å². The van der Waals surface area contributed by atoms with E-state index >= 15 is 0 Å². The monoisotopic (exact) mass is 310 g/mol. The van der Waals surface area contributed by atoms with Crippen LogP contribution in [0.25, 0.3) is 6.08 Å². The third-order valence-electron chi connectivity index (χ3n) is 2.48. The lowest BCUT2D eigenvalue weighted by molar-refractivity contribution is -0.137. The molecule has 98 valence electrons. The molecule has 0 aliphatic carbocycles. The third-order valence-corrected chi connectivity index (χ3v) is 3.04. The number of hydrogen-bond acceptors (Lipinski definition) is 2. The van der Waals surface area contributed by atoms with Crippen molar-refractivity contribution >= 4 is 28.0 Å².